The van der Waals surface area contributed by atoms with Crippen LogP contribution in [0.5, 0.6) is 0 Å². The summed E-state index contributed by atoms with van der Waals surface area (Å²) in [5, 5.41) is 2.71. The molecule has 0 fully saturated rings. The van der Waals surface area contributed by atoms with E-state index >= 15 is 0 Å². The van der Waals surface area contributed by atoms with Gasteiger partial charge in [0.25, 0.3) is 0 Å². The van der Waals surface area contributed by atoms with Gasteiger partial charge < -0.3 is 14.8 Å². The van der Waals surface area contributed by atoms with Gasteiger partial charge in [-0.2, -0.15) is 0 Å². The molecule has 0 rings (SSSR count). The first-order valence-electron chi connectivity index (χ1n) is 5.91. The van der Waals surface area contributed by atoms with Gasteiger partial charge in [0.2, 0.25) is 5.91 Å². The van der Waals surface area contributed by atoms with E-state index < -0.39 is 0 Å². The minimum atomic E-state index is -0.141. The van der Waals surface area contributed by atoms with E-state index in [1.165, 1.54) is 0 Å². The van der Waals surface area contributed by atoms with Gasteiger partial charge in [0.05, 0.1) is 13.2 Å². The number of carbonyl (C=O) groups is 2. The summed E-state index contributed by atoms with van der Waals surface area (Å²) in [5.41, 5.74) is 0. The van der Waals surface area contributed by atoms with Crippen LogP contribution in [0.25, 0.3) is 0 Å². The van der Waals surface area contributed by atoms with Crippen LogP contribution in [0.1, 0.15) is 27.7 Å². The lowest BCUT2D eigenvalue weighted by Crippen LogP contribution is -2.33. The van der Waals surface area contributed by atoms with E-state index in [9.17, 15) is 9.59 Å². The fraction of sp³-hybridized carbons (Fsp3) is 0.833. The van der Waals surface area contributed by atoms with Gasteiger partial charge >= 0.3 is 0 Å². The largest absolute Gasteiger partial charge is 0.371 e. The minimum absolute atomic E-state index is 0.00672. The summed E-state index contributed by atoms with van der Waals surface area (Å²) in [6, 6.07) is 0.117. The average Bonchev–Trinajstić information content (AvgIpc) is 2.21. The van der Waals surface area contributed by atoms with Crippen molar-refractivity contribution in [1.29, 1.82) is 0 Å². The van der Waals surface area contributed by atoms with Gasteiger partial charge in [-0.25, -0.2) is 0 Å². The molecule has 0 spiro atoms. The number of hydrogen-bond donors (Lipinski definition) is 1. The molecule has 0 unspecified atom stereocenters. The van der Waals surface area contributed by atoms with E-state index in [1.807, 2.05) is 27.7 Å². The Morgan fingerprint density at radius 2 is 1.53 bits per heavy atom. The second kappa shape index (κ2) is 9.13. The summed E-state index contributed by atoms with van der Waals surface area (Å²) in [7, 11) is 0. The number of Topliss-reactive ketones (excluding diaryl/α,β-unsaturated/α-hetero) is 1. The molecule has 5 heteroatoms. The van der Waals surface area contributed by atoms with E-state index in [1.54, 1.807) is 0 Å². The van der Waals surface area contributed by atoms with Crippen LogP contribution < -0.4 is 5.32 Å². The smallest absolute Gasteiger partial charge is 0.246 e. The fourth-order valence-electron chi connectivity index (χ4n) is 0.986. The summed E-state index contributed by atoms with van der Waals surface area (Å²) in [5.74, 6) is -0.0754. The summed E-state index contributed by atoms with van der Waals surface area (Å²) in [4.78, 5) is 22.3. The molecule has 0 radical (unpaired) electrons. The highest BCUT2D eigenvalue weighted by Gasteiger charge is 2.07. The summed E-state index contributed by atoms with van der Waals surface area (Å²) < 4.78 is 10.2. The monoisotopic (exact) mass is 245 g/mol. The third kappa shape index (κ3) is 9.96. The number of ketones is 1. The number of carbonyl (C=O) groups excluding carboxylic acids is 2. The molecule has 1 N–H and O–H groups in total. The molecule has 17 heavy (non-hydrogen) atoms. The van der Waals surface area contributed by atoms with Crippen LogP contribution in [-0.2, 0) is 19.1 Å². The maximum absolute atomic E-state index is 11.2. The van der Waals surface area contributed by atoms with Crippen LogP contribution in [0.2, 0.25) is 0 Å². The Kier molecular flexibility index (Phi) is 8.62. The fourth-order valence-corrected chi connectivity index (χ4v) is 0.986. The van der Waals surface area contributed by atoms with Gasteiger partial charge in [-0.05, 0) is 13.8 Å². The Bertz CT molecular complexity index is 239. The molecule has 0 aromatic heterocycles. The molecule has 0 aromatic carbocycles. The first-order valence-corrected chi connectivity index (χ1v) is 5.91. The maximum atomic E-state index is 11.2. The molecule has 0 atom stereocenters. The molecular formula is C12H23NO4. The lowest BCUT2D eigenvalue weighted by Gasteiger charge is -2.09. The van der Waals surface area contributed by atoms with Gasteiger partial charge in [0.1, 0.15) is 13.2 Å². The molecule has 0 aromatic rings. The van der Waals surface area contributed by atoms with Crippen molar-refractivity contribution in [3.63, 3.8) is 0 Å². The SMILES string of the molecule is CC(C)NC(=O)COCCOCC(=O)C(C)C. The van der Waals surface area contributed by atoms with Crippen molar-refractivity contribution in [2.45, 2.75) is 33.7 Å². The second-order valence-electron chi connectivity index (χ2n) is 4.45. The third-order valence-corrected chi connectivity index (χ3v) is 1.94. The summed E-state index contributed by atoms with van der Waals surface area (Å²) in [6.07, 6.45) is 0. The number of hydrogen-bond acceptors (Lipinski definition) is 4. The molecule has 1 amide bonds. The van der Waals surface area contributed by atoms with Crippen LogP contribution in [0.4, 0.5) is 0 Å². The highest BCUT2D eigenvalue weighted by atomic mass is 16.5. The predicted octanol–water partition coefficient (Wildman–Crippen LogP) is 0.769. The first-order chi connectivity index (χ1) is 7.93. The standard InChI is InChI=1S/C12H23NO4/c1-9(2)11(14)7-16-5-6-17-8-12(15)13-10(3)4/h9-10H,5-8H2,1-4H3,(H,13,15). The Balaban J connectivity index is 3.35. The lowest BCUT2D eigenvalue weighted by atomic mass is 10.1. The highest BCUT2D eigenvalue weighted by Crippen LogP contribution is 1.94. The molecule has 0 saturated heterocycles. The first kappa shape index (κ1) is 16.1. The van der Waals surface area contributed by atoms with Crippen LogP contribution in [0, 0.1) is 5.92 Å². The number of amides is 1. The van der Waals surface area contributed by atoms with Crippen molar-refractivity contribution in [2.75, 3.05) is 26.4 Å². The molecular weight excluding hydrogens is 222 g/mol. The lowest BCUT2D eigenvalue weighted by molar-refractivity contribution is -0.129. The molecule has 0 aliphatic rings. The van der Waals surface area contributed by atoms with Crippen LogP contribution in [0.3, 0.4) is 0 Å². The number of nitrogens with one attached hydrogen (secondary N) is 1. The maximum Gasteiger partial charge on any atom is 0.246 e. The Morgan fingerprint density at radius 3 is 2.00 bits per heavy atom. The van der Waals surface area contributed by atoms with Crippen molar-refractivity contribution >= 4 is 11.7 Å². The van der Waals surface area contributed by atoms with Gasteiger partial charge in [-0.15, -0.1) is 0 Å². The normalized spacial score (nSPS) is 10.9. The summed E-state index contributed by atoms with van der Waals surface area (Å²) in [6.45, 7) is 8.22. The van der Waals surface area contributed by atoms with Crippen molar-refractivity contribution in [3.05, 3.63) is 0 Å². The van der Waals surface area contributed by atoms with Crippen molar-refractivity contribution in [1.82, 2.24) is 5.32 Å². The van der Waals surface area contributed by atoms with E-state index in [2.05, 4.69) is 5.32 Å². The topological polar surface area (TPSA) is 64.6 Å². The molecule has 0 bridgehead atoms. The van der Waals surface area contributed by atoms with E-state index in [0.717, 1.165) is 0 Å². The van der Waals surface area contributed by atoms with Gasteiger partial charge in [0, 0.05) is 12.0 Å². The van der Waals surface area contributed by atoms with Crippen LogP contribution in [0.15, 0.2) is 0 Å². The van der Waals surface area contributed by atoms with Crippen LogP contribution >= 0.6 is 0 Å². The van der Waals surface area contributed by atoms with E-state index in [0.29, 0.717) is 13.2 Å². The summed E-state index contributed by atoms with van der Waals surface area (Å²) >= 11 is 0. The number of rotatable bonds is 9. The molecule has 0 aliphatic carbocycles. The van der Waals surface area contributed by atoms with Gasteiger partial charge in [-0.1, -0.05) is 13.8 Å². The molecule has 0 saturated carbocycles. The highest BCUT2D eigenvalue weighted by molar-refractivity contribution is 5.81. The van der Waals surface area contributed by atoms with Crippen molar-refractivity contribution < 1.29 is 19.1 Å². The minimum Gasteiger partial charge on any atom is -0.371 e. The van der Waals surface area contributed by atoms with Gasteiger partial charge in [-0.3, -0.25) is 9.59 Å². The van der Waals surface area contributed by atoms with E-state index in [4.69, 9.17) is 9.47 Å². The molecule has 5 nitrogen and oxygen atoms in total. The zero-order valence-corrected chi connectivity index (χ0v) is 11.1. The van der Waals surface area contributed by atoms with Crippen LogP contribution in [-0.4, -0.2) is 44.2 Å². The third-order valence-electron chi connectivity index (χ3n) is 1.94. The van der Waals surface area contributed by atoms with Crippen molar-refractivity contribution in [2.24, 2.45) is 5.92 Å². The zero-order chi connectivity index (χ0) is 13.3. The van der Waals surface area contributed by atoms with Crippen molar-refractivity contribution in [3.8, 4) is 0 Å². The Labute approximate surface area is 103 Å². The predicted molar refractivity (Wildman–Crippen MR) is 64.8 cm³/mol. The Morgan fingerprint density at radius 1 is 1.00 bits per heavy atom. The molecule has 0 heterocycles. The molecule has 100 valence electrons. The second-order valence-corrected chi connectivity index (χ2v) is 4.45. The van der Waals surface area contributed by atoms with Gasteiger partial charge in [0.15, 0.2) is 5.78 Å². The van der Waals surface area contributed by atoms with E-state index in [-0.39, 0.29) is 36.9 Å². The Hall–Kier alpha value is -0.940. The quantitative estimate of drug-likeness (QED) is 0.609. The zero-order valence-electron chi connectivity index (χ0n) is 11.1. The average molecular weight is 245 g/mol. The number of ether oxygens (including phenoxy) is 2. The molecule has 0 aliphatic heterocycles.